The van der Waals surface area contributed by atoms with Crippen LogP contribution in [0.4, 0.5) is 5.69 Å². The Kier molecular flexibility index (Phi) is 4.58. The fourth-order valence-corrected chi connectivity index (χ4v) is 3.94. The van der Waals surface area contributed by atoms with Crippen molar-refractivity contribution in [2.24, 2.45) is 5.92 Å². The van der Waals surface area contributed by atoms with Gasteiger partial charge >= 0.3 is 0 Å². The number of rotatable bonds is 6. The Hall–Kier alpha value is -1.96. The maximum Gasteiger partial charge on any atom is 0.269 e. The molecule has 0 radical (unpaired) electrons. The van der Waals surface area contributed by atoms with Gasteiger partial charge < -0.3 is 0 Å². The van der Waals surface area contributed by atoms with E-state index in [1.807, 2.05) is 12.1 Å². The minimum absolute atomic E-state index is 0.00714. The maximum atomic E-state index is 12.6. The zero-order valence-corrected chi connectivity index (χ0v) is 14.1. The molecule has 2 aromatic carbocycles. The summed E-state index contributed by atoms with van der Waals surface area (Å²) in [6.45, 7) is 0. The van der Waals surface area contributed by atoms with Gasteiger partial charge in [0.05, 0.1) is 9.82 Å². The molecule has 126 valence electrons. The molecule has 2 aromatic rings. The second kappa shape index (κ2) is 6.51. The largest absolute Gasteiger partial charge is 0.269 e. The minimum Gasteiger partial charge on any atom is -0.258 e. The van der Waals surface area contributed by atoms with Crippen molar-refractivity contribution in [3.8, 4) is 0 Å². The monoisotopic (exact) mass is 366 g/mol. The van der Waals surface area contributed by atoms with Crippen molar-refractivity contribution in [3.63, 3.8) is 0 Å². The zero-order chi connectivity index (χ0) is 17.3. The summed E-state index contributed by atoms with van der Waals surface area (Å²) in [5, 5.41) is 11.3. The molecule has 24 heavy (non-hydrogen) atoms. The van der Waals surface area contributed by atoms with Crippen LogP contribution in [0.5, 0.6) is 0 Å². The smallest absolute Gasteiger partial charge is 0.258 e. The van der Waals surface area contributed by atoms with Crippen molar-refractivity contribution in [3.05, 3.63) is 69.2 Å². The van der Waals surface area contributed by atoms with Crippen LogP contribution in [0, 0.1) is 16.0 Å². The lowest BCUT2D eigenvalue weighted by molar-refractivity contribution is -0.384. The molecule has 0 spiro atoms. The van der Waals surface area contributed by atoms with E-state index in [1.54, 1.807) is 12.1 Å². The molecule has 8 heteroatoms. The van der Waals surface area contributed by atoms with Crippen molar-refractivity contribution in [2.75, 3.05) is 0 Å². The quantitative estimate of drug-likeness (QED) is 0.623. The number of sulfonamides is 1. The van der Waals surface area contributed by atoms with Gasteiger partial charge in [-0.3, -0.25) is 10.1 Å². The number of hydrogen-bond acceptors (Lipinski definition) is 4. The van der Waals surface area contributed by atoms with Gasteiger partial charge in [0.15, 0.2) is 0 Å². The minimum atomic E-state index is -3.77. The Morgan fingerprint density at radius 2 is 1.67 bits per heavy atom. The van der Waals surface area contributed by atoms with E-state index < -0.39 is 14.9 Å². The Morgan fingerprint density at radius 1 is 1.08 bits per heavy atom. The summed E-state index contributed by atoms with van der Waals surface area (Å²) in [5.74, 6) is 0.249. The number of nitro benzene ring substituents is 1. The van der Waals surface area contributed by atoms with E-state index in [0.717, 1.165) is 18.4 Å². The predicted molar refractivity (Wildman–Crippen MR) is 90.3 cm³/mol. The molecular formula is C16H15ClN2O4S. The third kappa shape index (κ3) is 3.75. The average Bonchev–Trinajstić information content (AvgIpc) is 3.38. The van der Waals surface area contributed by atoms with Crippen LogP contribution in [0.1, 0.15) is 24.4 Å². The normalized spacial score (nSPS) is 15.9. The topological polar surface area (TPSA) is 89.3 Å². The lowest BCUT2D eigenvalue weighted by atomic mass is 10.0. The first-order valence-electron chi connectivity index (χ1n) is 7.39. The number of nitro groups is 1. The first-order chi connectivity index (χ1) is 11.4. The second-order valence-electron chi connectivity index (χ2n) is 5.74. The highest BCUT2D eigenvalue weighted by Crippen LogP contribution is 2.42. The van der Waals surface area contributed by atoms with Crippen LogP contribution in [0.25, 0.3) is 0 Å². The molecule has 0 saturated heterocycles. The Balaban J connectivity index is 1.85. The lowest BCUT2D eigenvalue weighted by Crippen LogP contribution is -2.30. The molecule has 1 saturated carbocycles. The standard InChI is InChI=1S/C16H15ClN2O4S/c17-13-5-3-12(4-6-13)16(11-1-2-11)18-24(22,23)15-9-7-14(8-10-15)19(20)21/h3-11,16,18H,1-2H2. The molecule has 1 N–H and O–H groups in total. The van der Waals surface area contributed by atoms with Gasteiger partial charge in [0.2, 0.25) is 10.0 Å². The molecule has 1 unspecified atom stereocenters. The molecule has 0 aromatic heterocycles. The summed E-state index contributed by atoms with van der Waals surface area (Å²) in [6, 6.07) is 11.6. The van der Waals surface area contributed by atoms with Gasteiger partial charge in [-0.25, -0.2) is 13.1 Å². The SMILES string of the molecule is O=[N+]([O-])c1ccc(S(=O)(=O)NC(c2ccc(Cl)cc2)C2CC2)cc1. The average molecular weight is 367 g/mol. The van der Waals surface area contributed by atoms with Gasteiger partial charge in [0, 0.05) is 23.2 Å². The van der Waals surface area contributed by atoms with Gasteiger partial charge in [-0.1, -0.05) is 23.7 Å². The van der Waals surface area contributed by atoms with Crippen LogP contribution in [0.3, 0.4) is 0 Å². The number of non-ortho nitro benzene ring substituents is 1. The third-order valence-corrected chi connectivity index (χ3v) is 5.67. The number of benzene rings is 2. The van der Waals surface area contributed by atoms with E-state index in [1.165, 1.54) is 24.3 Å². The van der Waals surface area contributed by atoms with Crippen LogP contribution < -0.4 is 4.72 Å². The Morgan fingerprint density at radius 3 is 2.17 bits per heavy atom. The van der Waals surface area contributed by atoms with Gasteiger partial charge in [-0.15, -0.1) is 0 Å². The summed E-state index contributed by atoms with van der Waals surface area (Å²) < 4.78 is 27.9. The molecule has 0 aliphatic heterocycles. The third-order valence-electron chi connectivity index (χ3n) is 3.96. The summed E-state index contributed by atoms with van der Waals surface area (Å²) in [5.41, 5.74) is 0.706. The van der Waals surface area contributed by atoms with Crippen molar-refractivity contribution in [1.82, 2.24) is 4.72 Å². The van der Waals surface area contributed by atoms with E-state index in [2.05, 4.69) is 4.72 Å². The van der Waals surface area contributed by atoms with Gasteiger partial charge in [0.1, 0.15) is 0 Å². The summed E-state index contributed by atoms with van der Waals surface area (Å²) in [7, 11) is -3.77. The van der Waals surface area contributed by atoms with Crippen LogP contribution in [-0.4, -0.2) is 13.3 Å². The van der Waals surface area contributed by atoms with Crippen LogP contribution in [0.15, 0.2) is 53.4 Å². The molecule has 0 bridgehead atoms. The molecule has 1 aliphatic rings. The molecule has 1 fully saturated rings. The highest BCUT2D eigenvalue weighted by Gasteiger charge is 2.35. The molecule has 0 heterocycles. The number of nitrogens with one attached hydrogen (secondary N) is 1. The molecule has 1 aliphatic carbocycles. The maximum absolute atomic E-state index is 12.6. The van der Waals surface area contributed by atoms with Crippen LogP contribution in [-0.2, 0) is 10.0 Å². The van der Waals surface area contributed by atoms with Crippen molar-refractivity contribution >= 4 is 27.3 Å². The Labute approximate surface area is 144 Å². The summed E-state index contributed by atoms with van der Waals surface area (Å²) >= 11 is 5.89. The van der Waals surface area contributed by atoms with E-state index in [4.69, 9.17) is 11.6 Å². The number of halogens is 1. The fourth-order valence-electron chi connectivity index (χ4n) is 2.52. The number of nitrogens with zero attached hydrogens (tertiary/aromatic N) is 1. The molecular weight excluding hydrogens is 352 g/mol. The second-order valence-corrected chi connectivity index (χ2v) is 7.89. The van der Waals surface area contributed by atoms with E-state index in [-0.39, 0.29) is 22.5 Å². The molecule has 0 amide bonds. The van der Waals surface area contributed by atoms with Gasteiger partial charge in [-0.2, -0.15) is 0 Å². The predicted octanol–water partition coefficient (Wildman–Crippen LogP) is 3.68. The van der Waals surface area contributed by atoms with E-state index in [0.29, 0.717) is 5.02 Å². The van der Waals surface area contributed by atoms with E-state index >= 15 is 0 Å². The first kappa shape index (κ1) is 16.9. The van der Waals surface area contributed by atoms with Crippen molar-refractivity contribution in [1.29, 1.82) is 0 Å². The molecule has 1 atom stereocenters. The van der Waals surface area contributed by atoms with Gasteiger partial charge in [-0.05, 0) is 48.6 Å². The number of hydrogen-bond donors (Lipinski definition) is 1. The summed E-state index contributed by atoms with van der Waals surface area (Å²) in [4.78, 5) is 10.1. The fraction of sp³-hybridized carbons (Fsp3) is 0.250. The highest BCUT2D eigenvalue weighted by molar-refractivity contribution is 7.89. The molecule has 6 nitrogen and oxygen atoms in total. The van der Waals surface area contributed by atoms with Crippen LogP contribution in [0.2, 0.25) is 5.02 Å². The van der Waals surface area contributed by atoms with Crippen LogP contribution >= 0.6 is 11.6 Å². The lowest BCUT2D eigenvalue weighted by Gasteiger charge is -2.19. The zero-order valence-electron chi connectivity index (χ0n) is 12.6. The first-order valence-corrected chi connectivity index (χ1v) is 9.25. The van der Waals surface area contributed by atoms with E-state index in [9.17, 15) is 18.5 Å². The van der Waals surface area contributed by atoms with Crippen molar-refractivity contribution < 1.29 is 13.3 Å². The Bertz CT molecular complexity index is 847. The molecule has 3 rings (SSSR count). The van der Waals surface area contributed by atoms with Gasteiger partial charge in [0.25, 0.3) is 5.69 Å². The van der Waals surface area contributed by atoms with Crippen molar-refractivity contribution in [2.45, 2.75) is 23.8 Å². The summed E-state index contributed by atoms with van der Waals surface area (Å²) in [6.07, 6.45) is 1.91. The highest BCUT2D eigenvalue weighted by atomic mass is 35.5.